The molecule has 14 heavy (non-hydrogen) atoms. The quantitative estimate of drug-likeness (QED) is 0.725. The second-order valence-corrected chi connectivity index (χ2v) is 4.19. The number of carbonyl (C=O) groups is 2. The molecule has 0 fully saturated rings. The SMILES string of the molecule is C=C(Cl)CSC[C@H](NC(C)=O)C(=O)O. The lowest BCUT2D eigenvalue weighted by Crippen LogP contribution is -2.41. The molecule has 6 heteroatoms. The summed E-state index contributed by atoms with van der Waals surface area (Å²) in [7, 11) is 0. The fourth-order valence-corrected chi connectivity index (χ4v) is 1.74. The summed E-state index contributed by atoms with van der Waals surface area (Å²) in [6, 6.07) is -0.867. The molecule has 0 unspecified atom stereocenters. The molecule has 1 amide bonds. The van der Waals surface area contributed by atoms with Crippen LogP contribution in [0.3, 0.4) is 0 Å². The zero-order valence-electron chi connectivity index (χ0n) is 7.75. The molecule has 0 aliphatic carbocycles. The number of halogens is 1. The summed E-state index contributed by atoms with van der Waals surface area (Å²) in [5.41, 5.74) is 0. The Hall–Kier alpha value is -0.680. The van der Waals surface area contributed by atoms with Crippen LogP contribution in [-0.2, 0) is 9.59 Å². The summed E-state index contributed by atoms with van der Waals surface area (Å²) in [6.07, 6.45) is 0. The number of carboxylic acid groups (broad SMARTS) is 1. The number of carbonyl (C=O) groups excluding carboxylic acids is 1. The van der Waals surface area contributed by atoms with E-state index >= 15 is 0 Å². The molecule has 0 saturated carbocycles. The molecule has 0 radical (unpaired) electrons. The summed E-state index contributed by atoms with van der Waals surface area (Å²) < 4.78 is 0. The Kier molecular flexibility index (Phi) is 6.40. The highest BCUT2D eigenvalue weighted by molar-refractivity contribution is 7.99. The minimum Gasteiger partial charge on any atom is -0.480 e. The molecule has 0 rings (SSSR count). The van der Waals surface area contributed by atoms with Crippen molar-refractivity contribution in [2.24, 2.45) is 0 Å². The lowest BCUT2D eigenvalue weighted by Gasteiger charge is -2.12. The molecule has 0 heterocycles. The maximum absolute atomic E-state index is 10.6. The molecule has 4 nitrogen and oxygen atoms in total. The highest BCUT2D eigenvalue weighted by Gasteiger charge is 2.17. The number of amides is 1. The highest BCUT2D eigenvalue weighted by Crippen LogP contribution is 2.10. The number of carboxylic acids is 1. The molecule has 2 N–H and O–H groups in total. The van der Waals surface area contributed by atoms with E-state index < -0.39 is 12.0 Å². The number of rotatable bonds is 6. The van der Waals surface area contributed by atoms with Crippen LogP contribution in [0.5, 0.6) is 0 Å². The van der Waals surface area contributed by atoms with E-state index in [1.165, 1.54) is 18.7 Å². The molecule has 0 spiro atoms. The van der Waals surface area contributed by atoms with Crippen molar-refractivity contribution in [2.75, 3.05) is 11.5 Å². The standard InChI is InChI=1S/C8H12ClNO3S/c1-5(9)3-14-4-7(8(12)13)10-6(2)11/h7H,1,3-4H2,2H3,(H,10,11)(H,12,13)/t7-/m0/s1. The molecule has 0 aromatic carbocycles. The number of nitrogens with one attached hydrogen (secondary N) is 1. The lowest BCUT2D eigenvalue weighted by molar-refractivity contribution is -0.140. The van der Waals surface area contributed by atoms with Gasteiger partial charge in [-0.3, -0.25) is 4.79 Å². The fourth-order valence-electron chi connectivity index (χ4n) is 0.708. The Morgan fingerprint density at radius 3 is 2.57 bits per heavy atom. The predicted molar refractivity (Wildman–Crippen MR) is 57.6 cm³/mol. The van der Waals surface area contributed by atoms with Gasteiger partial charge < -0.3 is 10.4 Å². The minimum atomic E-state index is -1.05. The Bertz CT molecular complexity index is 245. The van der Waals surface area contributed by atoms with Crippen LogP contribution in [0.25, 0.3) is 0 Å². The second kappa shape index (κ2) is 6.73. The van der Waals surface area contributed by atoms with Gasteiger partial charge in [-0.15, -0.1) is 0 Å². The van der Waals surface area contributed by atoms with Crippen molar-refractivity contribution >= 4 is 35.2 Å². The first-order chi connectivity index (χ1) is 6.43. The largest absolute Gasteiger partial charge is 0.480 e. The fraction of sp³-hybridized carbons (Fsp3) is 0.500. The molecule has 0 aliphatic rings. The summed E-state index contributed by atoms with van der Waals surface area (Å²) in [5, 5.41) is 11.5. The first-order valence-corrected chi connectivity index (χ1v) is 5.37. The van der Waals surface area contributed by atoms with Gasteiger partial charge in [0.2, 0.25) is 5.91 Å². The third-order valence-corrected chi connectivity index (χ3v) is 2.63. The zero-order chi connectivity index (χ0) is 11.1. The van der Waals surface area contributed by atoms with Gasteiger partial charge in [-0.25, -0.2) is 4.79 Å². The van der Waals surface area contributed by atoms with Crippen molar-refractivity contribution in [1.29, 1.82) is 0 Å². The Balaban J connectivity index is 3.91. The lowest BCUT2D eigenvalue weighted by atomic mass is 10.3. The van der Waals surface area contributed by atoms with E-state index in [9.17, 15) is 9.59 Å². The van der Waals surface area contributed by atoms with Crippen LogP contribution in [0, 0.1) is 0 Å². The predicted octanol–water partition coefficient (Wildman–Crippen LogP) is 1.06. The van der Waals surface area contributed by atoms with Gasteiger partial charge in [-0.05, 0) is 0 Å². The van der Waals surface area contributed by atoms with Gasteiger partial charge in [0.05, 0.1) is 0 Å². The van der Waals surface area contributed by atoms with Crippen molar-refractivity contribution in [3.63, 3.8) is 0 Å². The zero-order valence-corrected chi connectivity index (χ0v) is 9.32. The van der Waals surface area contributed by atoms with Gasteiger partial charge in [-0.1, -0.05) is 18.2 Å². The molecule has 0 saturated heterocycles. The van der Waals surface area contributed by atoms with E-state index in [2.05, 4.69) is 11.9 Å². The van der Waals surface area contributed by atoms with Crippen LogP contribution in [0.1, 0.15) is 6.92 Å². The van der Waals surface area contributed by atoms with Crippen molar-refractivity contribution < 1.29 is 14.7 Å². The summed E-state index contributed by atoms with van der Waals surface area (Å²) in [4.78, 5) is 21.3. The van der Waals surface area contributed by atoms with Crippen LogP contribution in [0.15, 0.2) is 11.6 Å². The van der Waals surface area contributed by atoms with Crippen molar-refractivity contribution in [3.05, 3.63) is 11.6 Å². The van der Waals surface area contributed by atoms with Gasteiger partial charge in [0.25, 0.3) is 0 Å². The van der Waals surface area contributed by atoms with Crippen LogP contribution in [0.2, 0.25) is 0 Å². The normalized spacial score (nSPS) is 11.9. The molecular formula is C8H12ClNO3S. The first kappa shape index (κ1) is 13.3. The summed E-state index contributed by atoms with van der Waals surface area (Å²) in [6.45, 7) is 4.75. The monoisotopic (exact) mass is 237 g/mol. The van der Waals surface area contributed by atoms with Crippen LogP contribution in [-0.4, -0.2) is 34.5 Å². The molecule has 0 aromatic rings. The van der Waals surface area contributed by atoms with E-state index in [-0.39, 0.29) is 11.7 Å². The number of hydrogen-bond donors (Lipinski definition) is 2. The maximum atomic E-state index is 10.6. The van der Waals surface area contributed by atoms with Crippen molar-refractivity contribution in [1.82, 2.24) is 5.32 Å². The first-order valence-electron chi connectivity index (χ1n) is 3.84. The minimum absolute atomic E-state index is 0.278. The molecule has 0 bridgehead atoms. The van der Waals surface area contributed by atoms with E-state index in [1.807, 2.05) is 0 Å². The smallest absolute Gasteiger partial charge is 0.327 e. The summed E-state index contributed by atoms with van der Waals surface area (Å²) in [5.74, 6) is -0.651. The molecule has 80 valence electrons. The average molecular weight is 238 g/mol. The van der Waals surface area contributed by atoms with Crippen molar-refractivity contribution in [3.8, 4) is 0 Å². The molecular weight excluding hydrogens is 226 g/mol. The molecule has 0 aliphatic heterocycles. The highest BCUT2D eigenvalue weighted by atomic mass is 35.5. The van der Waals surface area contributed by atoms with E-state index in [4.69, 9.17) is 16.7 Å². The molecule has 1 atom stereocenters. The summed E-state index contributed by atoms with van der Waals surface area (Å²) >= 11 is 6.81. The number of aliphatic carboxylic acids is 1. The van der Waals surface area contributed by atoms with Gasteiger partial charge in [0.1, 0.15) is 6.04 Å². The van der Waals surface area contributed by atoms with E-state index in [0.717, 1.165) is 0 Å². The van der Waals surface area contributed by atoms with E-state index in [0.29, 0.717) is 10.8 Å². The van der Waals surface area contributed by atoms with Gasteiger partial charge in [0.15, 0.2) is 0 Å². The Labute approximate surface area is 91.7 Å². The third-order valence-electron chi connectivity index (χ3n) is 1.22. The molecule has 0 aromatic heterocycles. The third kappa shape index (κ3) is 6.80. The number of hydrogen-bond acceptors (Lipinski definition) is 3. The number of thioether (sulfide) groups is 1. The van der Waals surface area contributed by atoms with Crippen molar-refractivity contribution in [2.45, 2.75) is 13.0 Å². The second-order valence-electron chi connectivity index (χ2n) is 2.62. The average Bonchev–Trinajstić information content (AvgIpc) is 2.00. The Morgan fingerprint density at radius 1 is 1.64 bits per heavy atom. The van der Waals surface area contributed by atoms with Gasteiger partial charge >= 0.3 is 5.97 Å². The van der Waals surface area contributed by atoms with Crippen LogP contribution in [0.4, 0.5) is 0 Å². The maximum Gasteiger partial charge on any atom is 0.327 e. The van der Waals surface area contributed by atoms with Gasteiger partial charge in [-0.2, -0.15) is 11.8 Å². The van der Waals surface area contributed by atoms with E-state index in [1.54, 1.807) is 0 Å². The Morgan fingerprint density at radius 2 is 2.21 bits per heavy atom. The van der Waals surface area contributed by atoms with Crippen LogP contribution >= 0.6 is 23.4 Å². The topological polar surface area (TPSA) is 66.4 Å². The van der Waals surface area contributed by atoms with Gasteiger partial charge in [0, 0.05) is 23.5 Å². The van der Waals surface area contributed by atoms with Crippen LogP contribution < -0.4 is 5.32 Å².